The van der Waals surface area contributed by atoms with E-state index in [2.05, 4.69) is 4.72 Å². The number of nitrogens with one attached hydrogen (secondary N) is 1. The quantitative estimate of drug-likeness (QED) is 0.892. The minimum Gasteiger partial charge on any atom is -0.508 e. The molecule has 0 saturated carbocycles. The molecule has 108 valence electrons. The highest BCUT2D eigenvalue weighted by atomic mass is 32.2. The molecule has 2 rings (SSSR count). The summed E-state index contributed by atoms with van der Waals surface area (Å²) in [6.07, 6.45) is 0.663. The lowest BCUT2D eigenvalue weighted by molar-refractivity contribution is 0.474. The van der Waals surface area contributed by atoms with E-state index < -0.39 is 10.0 Å². The van der Waals surface area contributed by atoms with E-state index in [1.54, 1.807) is 11.3 Å². The Labute approximate surface area is 123 Å². The van der Waals surface area contributed by atoms with Gasteiger partial charge in [0.1, 0.15) is 5.75 Å². The first-order valence-electron chi connectivity index (χ1n) is 6.23. The number of phenolic OH excluding ortho intramolecular Hbond substituents is 1. The first kappa shape index (κ1) is 15.0. The molecule has 0 aliphatic heterocycles. The normalized spacial score (nSPS) is 13.3. The Hall–Kier alpha value is -1.37. The van der Waals surface area contributed by atoms with E-state index in [-0.39, 0.29) is 16.7 Å². The third-order valence-electron chi connectivity index (χ3n) is 2.81. The van der Waals surface area contributed by atoms with E-state index in [9.17, 15) is 13.5 Å². The fraction of sp³-hybridized carbons (Fsp3) is 0.286. The molecule has 0 bridgehead atoms. The van der Waals surface area contributed by atoms with Gasteiger partial charge in [0, 0.05) is 15.8 Å². The van der Waals surface area contributed by atoms with Crippen molar-refractivity contribution in [1.29, 1.82) is 0 Å². The predicted molar refractivity (Wildman–Crippen MR) is 80.7 cm³/mol. The van der Waals surface area contributed by atoms with Gasteiger partial charge >= 0.3 is 0 Å². The number of hydrogen-bond donors (Lipinski definition) is 2. The van der Waals surface area contributed by atoms with E-state index in [1.807, 2.05) is 26.0 Å². The number of rotatable bonds is 5. The Balaban J connectivity index is 2.06. The van der Waals surface area contributed by atoms with Crippen LogP contribution in [-0.4, -0.2) is 19.6 Å². The van der Waals surface area contributed by atoms with Gasteiger partial charge in [-0.2, -0.15) is 0 Å². The molecule has 2 N–H and O–H groups in total. The van der Waals surface area contributed by atoms with Gasteiger partial charge in [-0.1, -0.05) is 0 Å². The van der Waals surface area contributed by atoms with E-state index in [1.165, 1.54) is 29.1 Å². The van der Waals surface area contributed by atoms with Crippen molar-refractivity contribution in [2.24, 2.45) is 0 Å². The highest BCUT2D eigenvalue weighted by Crippen LogP contribution is 2.18. The zero-order chi connectivity index (χ0) is 14.8. The zero-order valence-electron chi connectivity index (χ0n) is 11.3. The maximum Gasteiger partial charge on any atom is 0.240 e. The van der Waals surface area contributed by atoms with E-state index in [4.69, 9.17) is 0 Å². The van der Waals surface area contributed by atoms with Gasteiger partial charge in [0.2, 0.25) is 10.0 Å². The summed E-state index contributed by atoms with van der Waals surface area (Å²) in [5.41, 5.74) is 0. The third-order valence-corrected chi connectivity index (χ3v) is 5.44. The van der Waals surface area contributed by atoms with Crippen LogP contribution in [0.4, 0.5) is 0 Å². The van der Waals surface area contributed by atoms with Crippen molar-refractivity contribution in [3.8, 4) is 5.75 Å². The van der Waals surface area contributed by atoms with Gasteiger partial charge in [-0.05, 0) is 56.7 Å². The van der Waals surface area contributed by atoms with Crippen molar-refractivity contribution in [3.05, 3.63) is 46.2 Å². The maximum atomic E-state index is 12.2. The van der Waals surface area contributed by atoms with Crippen LogP contribution in [0.2, 0.25) is 0 Å². The van der Waals surface area contributed by atoms with Crippen LogP contribution in [0, 0.1) is 6.92 Å². The monoisotopic (exact) mass is 311 g/mol. The lowest BCUT2D eigenvalue weighted by Gasteiger charge is -2.13. The number of thiophene rings is 1. The molecular weight excluding hydrogens is 294 g/mol. The van der Waals surface area contributed by atoms with Gasteiger partial charge in [0.15, 0.2) is 0 Å². The number of aromatic hydroxyl groups is 1. The second-order valence-electron chi connectivity index (χ2n) is 4.73. The molecule has 0 radical (unpaired) electrons. The van der Waals surface area contributed by atoms with Gasteiger partial charge in [0.25, 0.3) is 0 Å². The van der Waals surface area contributed by atoms with Gasteiger partial charge in [0.05, 0.1) is 4.90 Å². The minimum absolute atomic E-state index is 0.0473. The molecule has 1 aromatic heterocycles. The molecule has 1 heterocycles. The van der Waals surface area contributed by atoms with Crippen LogP contribution in [0.5, 0.6) is 5.75 Å². The minimum atomic E-state index is -3.55. The molecule has 4 nitrogen and oxygen atoms in total. The Morgan fingerprint density at radius 1 is 1.20 bits per heavy atom. The fourth-order valence-corrected chi connectivity index (χ4v) is 4.16. The second-order valence-corrected chi connectivity index (χ2v) is 7.82. The van der Waals surface area contributed by atoms with E-state index in [0.717, 1.165) is 4.88 Å². The van der Waals surface area contributed by atoms with Gasteiger partial charge in [-0.3, -0.25) is 0 Å². The standard InChI is InChI=1S/C14H17NO3S2/c1-10(9-13-6-3-11(2)19-13)15-20(17,18)14-7-4-12(16)5-8-14/h3-8,10,15-16H,9H2,1-2H3. The average molecular weight is 311 g/mol. The molecular formula is C14H17NO3S2. The number of hydrogen-bond acceptors (Lipinski definition) is 4. The van der Waals surface area contributed by atoms with Crippen molar-refractivity contribution < 1.29 is 13.5 Å². The molecule has 0 aliphatic carbocycles. The summed E-state index contributed by atoms with van der Waals surface area (Å²) in [7, 11) is -3.55. The number of sulfonamides is 1. The van der Waals surface area contributed by atoms with Crippen molar-refractivity contribution >= 4 is 21.4 Å². The number of benzene rings is 1. The summed E-state index contributed by atoms with van der Waals surface area (Å²) in [6.45, 7) is 3.87. The molecule has 6 heteroatoms. The number of aryl methyl sites for hydroxylation is 1. The van der Waals surface area contributed by atoms with Crippen molar-refractivity contribution in [3.63, 3.8) is 0 Å². The lowest BCUT2D eigenvalue weighted by atomic mass is 10.2. The van der Waals surface area contributed by atoms with Crippen LogP contribution in [0.3, 0.4) is 0 Å². The third kappa shape index (κ3) is 3.82. The fourth-order valence-electron chi connectivity index (χ4n) is 1.90. The van der Waals surface area contributed by atoms with Crippen LogP contribution >= 0.6 is 11.3 Å². The zero-order valence-corrected chi connectivity index (χ0v) is 13.0. The summed E-state index contributed by atoms with van der Waals surface area (Å²) >= 11 is 1.67. The lowest BCUT2D eigenvalue weighted by Crippen LogP contribution is -2.33. The highest BCUT2D eigenvalue weighted by Gasteiger charge is 2.17. The molecule has 0 fully saturated rings. The Morgan fingerprint density at radius 3 is 2.40 bits per heavy atom. The summed E-state index contributed by atoms with van der Waals surface area (Å²) in [4.78, 5) is 2.53. The molecule has 1 atom stereocenters. The summed E-state index contributed by atoms with van der Waals surface area (Å²) in [6, 6.07) is 9.36. The molecule has 1 unspecified atom stereocenters. The summed E-state index contributed by atoms with van der Waals surface area (Å²) in [5.74, 6) is 0.0473. The van der Waals surface area contributed by atoms with Crippen molar-refractivity contribution in [1.82, 2.24) is 4.72 Å². The van der Waals surface area contributed by atoms with E-state index >= 15 is 0 Å². The van der Waals surface area contributed by atoms with Crippen molar-refractivity contribution in [2.75, 3.05) is 0 Å². The molecule has 0 spiro atoms. The van der Waals surface area contributed by atoms with Crippen LogP contribution in [0.25, 0.3) is 0 Å². The average Bonchev–Trinajstić information content (AvgIpc) is 2.74. The topological polar surface area (TPSA) is 66.4 Å². The first-order valence-corrected chi connectivity index (χ1v) is 8.53. The molecule has 0 aliphatic rings. The van der Waals surface area contributed by atoms with Crippen molar-refractivity contribution in [2.45, 2.75) is 31.2 Å². The largest absolute Gasteiger partial charge is 0.508 e. The first-order chi connectivity index (χ1) is 9.37. The van der Waals surface area contributed by atoms with Crippen LogP contribution in [-0.2, 0) is 16.4 Å². The van der Waals surface area contributed by atoms with Crippen LogP contribution in [0.15, 0.2) is 41.3 Å². The molecule has 2 aromatic rings. The predicted octanol–water partition coefficient (Wildman–Crippen LogP) is 2.67. The van der Waals surface area contributed by atoms with E-state index in [0.29, 0.717) is 6.42 Å². The Morgan fingerprint density at radius 2 is 1.85 bits per heavy atom. The van der Waals surface area contributed by atoms with Gasteiger partial charge in [-0.15, -0.1) is 11.3 Å². The van der Waals surface area contributed by atoms with Gasteiger partial charge in [-0.25, -0.2) is 13.1 Å². The molecule has 0 saturated heterocycles. The summed E-state index contributed by atoms with van der Waals surface area (Å²) < 4.78 is 27.0. The smallest absolute Gasteiger partial charge is 0.240 e. The molecule has 1 aromatic carbocycles. The highest BCUT2D eigenvalue weighted by molar-refractivity contribution is 7.89. The molecule has 0 amide bonds. The second kappa shape index (κ2) is 5.95. The van der Waals surface area contributed by atoms with Gasteiger partial charge < -0.3 is 5.11 Å². The van der Waals surface area contributed by atoms with Crippen LogP contribution < -0.4 is 4.72 Å². The summed E-state index contributed by atoms with van der Waals surface area (Å²) in [5, 5.41) is 9.19. The van der Waals surface area contributed by atoms with Crippen LogP contribution in [0.1, 0.15) is 16.7 Å². The maximum absolute atomic E-state index is 12.2. The Kier molecular flexibility index (Phi) is 4.47. The Bertz CT molecular complexity index is 675. The molecule has 20 heavy (non-hydrogen) atoms. The SMILES string of the molecule is Cc1ccc(CC(C)NS(=O)(=O)c2ccc(O)cc2)s1. The number of phenols is 1.